The highest BCUT2D eigenvalue weighted by molar-refractivity contribution is 5.77. The number of hydrogen-bond acceptors (Lipinski definition) is 4. The molecule has 0 unspecified atom stereocenters. The molecule has 1 saturated heterocycles. The van der Waals surface area contributed by atoms with Gasteiger partial charge >= 0.3 is 0 Å². The first-order valence-corrected chi connectivity index (χ1v) is 6.51. The van der Waals surface area contributed by atoms with Gasteiger partial charge in [-0.25, -0.2) is 0 Å². The Morgan fingerprint density at radius 1 is 1.42 bits per heavy atom. The molecular formula is C14H20N2O3. The van der Waals surface area contributed by atoms with Crippen LogP contribution >= 0.6 is 0 Å². The highest BCUT2D eigenvalue weighted by atomic mass is 16.5. The summed E-state index contributed by atoms with van der Waals surface area (Å²) in [6.45, 7) is 3.41. The summed E-state index contributed by atoms with van der Waals surface area (Å²) in [6.07, 6.45) is 0. The van der Waals surface area contributed by atoms with Crippen LogP contribution in [0.15, 0.2) is 24.3 Å². The predicted molar refractivity (Wildman–Crippen MR) is 72.1 cm³/mol. The number of benzene rings is 1. The molecule has 19 heavy (non-hydrogen) atoms. The molecular weight excluding hydrogens is 244 g/mol. The van der Waals surface area contributed by atoms with E-state index in [9.17, 15) is 4.79 Å². The van der Waals surface area contributed by atoms with Crippen LogP contribution in [-0.4, -0.2) is 50.8 Å². The molecule has 0 saturated carbocycles. The zero-order valence-corrected chi connectivity index (χ0v) is 11.2. The Morgan fingerprint density at radius 3 is 2.95 bits per heavy atom. The second-order valence-corrected chi connectivity index (χ2v) is 4.46. The van der Waals surface area contributed by atoms with Crippen LogP contribution < -0.4 is 10.1 Å². The molecule has 1 heterocycles. The molecule has 5 heteroatoms. The highest BCUT2D eigenvalue weighted by Crippen LogP contribution is 2.13. The zero-order chi connectivity index (χ0) is 13.5. The third kappa shape index (κ3) is 4.22. The molecule has 1 aliphatic heterocycles. The fourth-order valence-corrected chi connectivity index (χ4v) is 2.00. The summed E-state index contributed by atoms with van der Waals surface area (Å²) < 4.78 is 10.8. The first-order valence-electron chi connectivity index (χ1n) is 6.51. The van der Waals surface area contributed by atoms with Crippen molar-refractivity contribution in [1.29, 1.82) is 0 Å². The molecule has 1 N–H and O–H groups in total. The molecule has 1 amide bonds. The van der Waals surface area contributed by atoms with Crippen molar-refractivity contribution < 1.29 is 14.3 Å². The SMILES string of the molecule is CNCc1cccc(OCC(=O)N2CCOCC2)c1. The van der Waals surface area contributed by atoms with Crippen molar-refractivity contribution in [3.05, 3.63) is 29.8 Å². The van der Waals surface area contributed by atoms with Gasteiger partial charge in [0.05, 0.1) is 13.2 Å². The standard InChI is InChI=1S/C14H20N2O3/c1-15-10-12-3-2-4-13(9-12)19-11-14(17)16-5-7-18-8-6-16/h2-4,9,15H,5-8,10-11H2,1H3. The number of nitrogens with zero attached hydrogens (tertiary/aromatic N) is 1. The molecule has 0 aromatic heterocycles. The molecule has 2 rings (SSSR count). The summed E-state index contributed by atoms with van der Waals surface area (Å²) in [4.78, 5) is 13.7. The molecule has 0 bridgehead atoms. The number of nitrogens with one attached hydrogen (secondary N) is 1. The number of hydrogen-bond donors (Lipinski definition) is 1. The summed E-state index contributed by atoms with van der Waals surface area (Å²) in [7, 11) is 1.90. The average Bonchev–Trinajstić information content (AvgIpc) is 2.46. The number of rotatable bonds is 5. The van der Waals surface area contributed by atoms with E-state index in [1.165, 1.54) is 0 Å². The number of carbonyl (C=O) groups excluding carboxylic acids is 1. The van der Waals surface area contributed by atoms with Crippen molar-refractivity contribution >= 4 is 5.91 Å². The van der Waals surface area contributed by atoms with Gasteiger partial charge in [0.2, 0.25) is 0 Å². The minimum Gasteiger partial charge on any atom is -0.484 e. The summed E-state index contributed by atoms with van der Waals surface area (Å²) in [5.41, 5.74) is 1.14. The van der Waals surface area contributed by atoms with Gasteiger partial charge in [-0.05, 0) is 24.7 Å². The number of amides is 1. The third-order valence-electron chi connectivity index (χ3n) is 3.01. The minimum absolute atomic E-state index is 0.0160. The lowest BCUT2D eigenvalue weighted by atomic mass is 10.2. The first kappa shape index (κ1) is 13.8. The van der Waals surface area contributed by atoms with Gasteiger partial charge in [0.15, 0.2) is 6.61 Å². The second kappa shape index (κ2) is 7.11. The van der Waals surface area contributed by atoms with Crippen LogP contribution in [0.2, 0.25) is 0 Å². The molecule has 0 atom stereocenters. The van der Waals surface area contributed by atoms with E-state index in [4.69, 9.17) is 9.47 Å². The van der Waals surface area contributed by atoms with E-state index in [0.717, 1.165) is 17.9 Å². The fourth-order valence-electron chi connectivity index (χ4n) is 2.00. The zero-order valence-electron chi connectivity index (χ0n) is 11.2. The lowest BCUT2D eigenvalue weighted by molar-refractivity contribution is -0.137. The van der Waals surface area contributed by atoms with Crippen molar-refractivity contribution in [2.75, 3.05) is 40.0 Å². The molecule has 104 valence electrons. The quantitative estimate of drug-likeness (QED) is 0.848. The maximum absolute atomic E-state index is 11.9. The molecule has 1 aromatic carbocycles. The first-order chi connectivity index (χ1) is 9.29. The van der Waals surface area contributed by atoms with Gasteiger partial charge in [-0.3, -0.25) is 4.79 Å². The van der Waals surface area contributed by atoms with Crippen LogP contribution in [0.1, 0.15) is 5.56 Å². The van der Waals surface area contributed by atoms with Gasteiger partial charge < -0.3 is 19.7 Å². The van der Waals surface area contributed by atoms with Crippen molar-refractivity contribution in [3.8, 4) is 5.75 Å². The lowest BCUT2D eigenvalue weighted by Gasteiger charge is -2.26. The number of ether oxygens (including phenoxy) is 2. The van der Waals surface area contributed by atoms with E-state index < -0.39 is 0 Å². The summed E-state index contributed by atoms with van der Waals surface area (Å²) in [5, 5.41) is 3.08. The second-order valence-electron chi connectivity index (χ2n) is 4.46. The van der Waals surface area contributed by atoms with E-state index in [-0.39, 0.29) is 12.5 Å². The Hall–Kier alpha value is -1.59. The Labute approximate surface area is 113 Å². The molecule has 5 nitrogen and oxygen atoms in total. The van der Waals surface area contributed by atoms with Crippen molar-refractivity contribution in [2.45, 2.75) is 6.54 Å². The van der Waals surface area contributed by atoms with Crippen LogP contribution in [0.3, 0.4) is 0 Å². The Balaban J connectivity index is 1.83. The van der Waals surface area contributed by atoms with Gasteiger partial charge in [0.25, 0.3) is 5.91 Å². The van der Waals surface area contributed by atoms with Crippen molar-refractivity contribution in [1.82, 2.24) is 10.2 Å². The van der Waals surface area contributed by atoms with Gasteiger partial charge in [-0.1, -0.05) is 12.1 Å². The van der Waals surface area contributed by atoms with Crippen molar-refractivity contribution in [3.63, 3.8) is 0 Å². The third-order valence-corrected chi connectivity index (χ3v) is 3.01. The smallest absolute Gasteiger partial charge is 0.260 e. The van der Waals surface area contributed by atoms with Crippen LogP contribution in [0.4, 0.5) is 0 Å². The highest BCUT2D eigenvalue weighted by Gasteiger charge is 2.16. The number of carbonyl (C=O) groups is 1. The molecule has 1 aliphatic rings. The minimum atomic E-state index is 0.0160. The fraction of sp³-hybridized carbons (Fsp3) is 0.500. The Morgan fingerprint density at radius 2 is 2.21 bits per heavy atom. The van der Waals surface area contributed by atoms with Crippen LogP contribution in [0.5, 0.6) is 5.75 Å². The maximum Gasteiger partial charge on any atom is 0.260 e. The van der Waals surface area contributed by atoms with Gasteiger partial charge in [-0.15, -0.1) is 0 Å². The van der Waals surface area contributed by atoms with E-state index in [2.05, 4.69) is 5.32 Å². The lowest BCUT2D eigenvalue weighted by Crippen LogP contribution is -2.42. The van der Waals surface area contributed by atoms with Crippen LogP contribution in [0.25, 0.3) is 0 Å². The van der Waals surface area contributed by atoms with Gasteiger partial charge in [-0.2, -0.15) is 0 Å². The van der Waals surface area contributed by atoms with Crippen LogP contribution in [0, 0.1) is 0 Å². The van der Waals surface area contributed by atoms with Gasteiger partial charge in [0.1, 0.15) is 5.75 Å². The summed E-state index contributed by atoms with van der Waals surface area (Å²) in [6, 6.07) is 7.77. The van der Waals surface area contributed by atoms with E-state index in [0.29, 0.717) is 26.3 Å². The molecule has 0 spiro atoms. The van der Waals surface area contributed by atoms with E-state index >= 15 is 0 Å². The predicted octanol–water partition coefficient (Wildman–Crippen LogP) is 0.644. The summed E-state index contributed by atoms with van der Waals surface area (Å²) >= 11 is 0. The van der Waals surface area contributed by atoms with E-state index in [1.54, 1.807) is 4.90 Å². The monoisotopic (exact) mass is 264 g/mol. The average molecular weight is 264 g/mol. The summed E-state index contributed by atoms with van der Waals surface area (Å²) in [5.74, 6) is 0.747. The topological polar surface area (TPSA) is 50.8 Å². The molecule has 0 radical (unpaired) electrons. The van der Waals surface area contributed by atoms with E-state index in [1.807, 2.05) is 31.3 Å². The Bertz CT molecular complexity index is 417. The normalized spacial score (nSPS) is 15.3. The van der Waals surface area contributed by atoms with Crippen molar-refractivity contribution in [2.24, 2.45) is 0 Å². The molecule has 1 fully saturated rings. The van der Waals surface area contributed by atoms with Crippen LogP contribution in [-0.2, 0) is 16.1 Å². The maximum atomic E-state index is 11.9. The largest absolute Gasteiger partial charge is 0.484 e. The number of morpholine rings is 1. The van der Waals surface area contributed by atoms with Gasteiger partial charge in [0, 0.05) is 19.6 Å². The molecule has 0 aliphatic carbocycles. The molecule has 1 aromatic rings. The Kier molecular flexibility index (Phi) is 5.18.